The molecule has 0 saturated heterocycles. The second kappa shape index (κ2) is 9.38. The van der Waals surface area contributed by atoms with Crippen LogP contribution in [-0.2, 0) is 17.5 Å². The van der Waals surface area contributed by atoms with Crippen LogP contribution in [0.5, 0.6) is 0 Å². The van der Waals surface area contributed by atoms with Gasteiger partial charge in [-0.05, 0) is 50.3 Å². The highest BCUT2D eigenvalue weighted by Gasteiger charge is 2.31. The first-order valence-electron chi connectivity index (χ1n) is 9.95. The number of amides is 1. The van der Waals surface area contributed by atoms with Crippen molar-refractivity contribution in [2.24, 2.45) is 0 Å². The minimum Gasteiger partial charge on any atom is -0.393 e. The molecule has 0 radical (unpaired) electrons. The molecule has 29 heavy (non-hydrogen) atoms. The predicted molar refractivity (Wildman–Crippen MR) is 107 cm³/mol. The number of nitrogens with one attached hydrogen (secondary N) is 1. The molecule has 160 valence electrons. The van der Waals surface area contributed by atoms with E-state index in [9.17, 15) is 23.1 Å². The summed E-state index contributed by atoms with van der Waals surface area (Å²) in [6.45, 7) is 2.69. The number of aliphatic hydroxyl groups is 1. The van der Waals surface area contributed by atoms with E-state index in [4.69, 9.17) is 0 Å². The largest absolute Gasteiger partial charge is 0.416 e. The van der Waals surface area contributed by atoms with E-state index < -0.39 is 11.7 Å². The Labute approximate surface area is 172 Å². The van der Waals surface area contributed by atoms with Crippen molar-refractivity contribution in [2.45, 2.75) is 75.5 Å². The number of thioether (sulfide) groups is 1. The number of aromatic nitrogens is 2. The maximum absolute atomic E-state index is 13.0. The Hall–Kier alpha value is -1.74. The number of hydrogen-bond donors (Lipinski definition) is 2. The number of alkyl halides is 3. The molecule has 3 rings (SSSR count). The Morgan fingerprint density at radius 3 is 2.69 bits per heavy atom. The number of halogens is 3. The highest BCUT2D eigenvalue weighted by molar-refractivity contribution is 7.99. The number of rotatable bonds is 7. The normalized spacial score (nSPS) is 20.2. The van der Waals surface area contributed by atoms with Gasteiger partial charge in [-0.2, -0.15) is 13.2 Å². The molecule has 0 aliphatic heterocycles. The first-order valence-corrected chi connectivity index (χ1v) is 10.9. The maximum Gasteiger partial charge on any atom is 0.416 e. The zero-order valence-corrected chi connectivity index (χ0v) is 17.2. The molecule has 1 fully saturated rings. The lowest BCUT2D eigenvalue weighted by molar-refractivity contribution is -0.137. The van der Waals surface area contributed by atoms with Crippen LogP contribution in [0.3, 0.4) is 0 Å². The van der Waals surface area contributed by atoms with Crippen molar-refractivity contribution in [3.05, 3.63) is 23.8 Å². The molecule has 0 unspecified atom stereocenters. The fourth-order valence-electron chi connectivity index (χ4n) is 3.55. The van der Waals surface area contributed by atoms with Crippen LogP contribution in [0.25, 0.3) is 11.0 Å². The monoisotopic (exact) mass is 429 g/mol. The molecule has 1 saturated carbocycles. The van der Waals surface area contributed by atoms with Gasteiger partial charge >= 0.3 is 6.18 Å². The summed E-state index contributed by atoms with van der Waals surface area (Å²) in [5, 5.41) is 13.1. The van der Waals surface area contributed by atoms with Gasteiger partial charge in [0.25, 0.3) is 0 Å². The third-order valence-electron chi connectivity index (χ3n) is 5.17. The van der Waals surface area contributed by atoms with E-state index in [-0.39, 0.29) is 23.8 Å². The zero-order chi connectivity index (χ0) is 21.0. The molecule has 2 N–H and O–H groups in total. The number of aryl methyl sites for hydroxylation is 1. The number of fused-ring (bicyclic) bond motifs is 1. The molecule has 1 heterocycles. The van der Waals surface area contributed by atoms with Crippen molar-refractivity contribution in [1.29, 1.82) is 0 Å². The van der Waals surface area contributed by atoms with Crippen LogP contribution in [0, 0.1) is 0 Å². The second-order valence-corrected chi connectivity index (χ2v) is 8.40. The van der Waals surface area contributed by atoms with Gasteiger partial charge in [-0.1, -0.05) is 25.1 Å². The Morgan fingerprint density at radius 1 is 1.31 bits per heavy atom. The van der Waals surface area contributed by atoms with Crippen LogP contribution in [0.1, 0.15) is 51.0 Å². The Kier molecular flexibility index (Phi) is 7.10. The number of benzene rings is 1. The minimum atomic E-state index is -4.41. The van der Waals surface area contributed by atoms with E-state index in [2.05, 4.69) is 10.3 Å². The van der Waals surface area contributed by atoms with Crippen LogP contribution >= 0.6 is 11.8 Å². The van der Waals surface area contributed by atoms with E-state index >= 15 is 0 Å². The number of imidazole rings is 1. The molecule has 1 amide bonds. The van der Waals surface area contributed by atoms with Crippen LogP contribution in [0.4, 0.5) is 13.2 Å². The summed E-state index contributed by atoms with van der Waals surface area (Å²) in [5.41, 5.74) is 0.217. The summed E-state index contributed by atoms with van der Waals surface area (Å²) in [5.74, 6) is 0.0298. The smallest absolute Gasteiger partial charge is 0.393 e. The van der Waals surface area contributed by atoms with Crippen LogP contribution < -0.4 is 5.32 Å². The molecule has 1 aromatic carbocycles. The van der Waals surface area contributed by atoms with E-state index in [0.717, 1.165) is 37.8 Å². The average Bonchev–Trinajstić information content (AvgIpc) is 3.02. The van der Waals surface area contributed by atoms with Crippen LogP contribution in [0.15, 0.2) is 23.4 Å². The molecule has 0 atom stereocenters. The first kappa shape index (κ1) is 22.0. The van der Waals surface area contributed by atoms with Crippen molar-refractivity contribution >= 4 is 28.7 Å². The fraction of sp³-hybridized carbons (Fsp3) is 0.600. The minimum absolute atomic E-state index is 0.0692. The number of carbonyl (C=O) groups excluding carboxylic acids is 1. The molecule has 2 aromatic rings. The molecule has 1 aromatic heterocycles. The molecular weight excluding hydrogens is 403 g/mol. The number of carbonyl (C=O) groups is 1. The summed E-state index contributed by atoms with van der Waals surface area (Å²) in [6, 6.07) is 3.67. The van der Waals surface area contributed by atoms with Gasteiger partial charge in [-0.15, -0.1) is 0 Å². The van der Waals surface area contributed by atoms with Crippen LogP contribution in [-0.4, -0.2) is 38.5 Å². The van der Waals surface area contributed by atoms with E-state index in [1.54, 1.807) is 0 Å². The van der Waals surface area contributed by atoms with Gasteiger partial charge in [0.1, 0.15) is 0 Å². The average molecular weight is 430 g/mol. The molecule has 9 heteroatoms. The highest BCUT2D eigenvalue weighted by Crippen LogP contribution is 2.33. The third-order valence-corrected chi connectivity index (χ3v) is 6.15. The summed E-state index contributed by atoms with van der Waals surface area (Å²) >= 11 is 1.24. The van der Waals surface area contributed by atoms with Gasteiger partial charge in [-0.25, -0.2) is 4.98 Å². The van der Waals surface area contributed by atoms with Crippen molar-refractivity contribution in [3.8, 4) is 0 Å². The van der Waals surface area contributed by atoms with Crippen molar-refractivity contribution in [2.75, 3.05) is 5.75 Å². The summed E-state index contributed by atoms with van der Waals surface area (Å²) in [4.78, 5) is 16.7. The number of nitrogens with zero attached hydrogens (tertiary/aromatic N) is 2. The standard InChI is InChI=1S/C20H26F3N3O2S/c1-2-3-10-26-17-9-4-13(20(21,22)23)11-16(17)25-19(26)29-12-18(28)24-14-5-7-15(27)8-6-14/h4,9,11,14-15,27H,2-3,5-8,10,12H2,1H3,(H,24,28). The zero-order valence-electron chi connectivity index (χ0n) is 16.3. The van der Waals surface area contributed by atoms with Crippen molar-refractivity contribution in [1.82, 2.24) is 14.9 Å². The molecule has 1 aliphatic carbocycles. The Bertz CT molecular complexity index is 845. The molecule has 0 bridgehead atoms. The second-order valence-electron chi connectivity index (χ2n) is 7.46. The lowest BCUT2D eigenvalue weighted by atomic mass is 9.93. The van der Waals surface area contributed by atoms with Gasteiger partial charge in [0.2, 0.25) is 5.91 Å². The SMILES string of the molecule is CCCCn1c(SCC(=O)NC2CCC(O)CC2)nc2cc(C(F)(F)F)ccc21. The fourth-order valence-corrected chi connectivity index (χ4v) is 4.40. The van der Waals surface area contributed by atoms with Gasteiger partial charge < -0.3 is 15.0 Å². The van der Waals surface area contributed by atoms with E-state index in [1.807, 2.05) is 11.5 Å². The van der Waals surface area contributed by atoms with Gasteiger partial charge in [-0.3, -0.25) is 4.79 Å². The Balaban J connectivity index is 1.72. The Morgan fingerprint density at radius 2 is 2.03 bits per heavy atom. The van der Waals surface area contributed by atoms with E-state index in [0.29, 0.717) is 35.6 Å². The van der Waals surface area contributed by atoms with Crippen molar-refractivity contribution < 1.29 is 23.1 Å². The van der Waals surface area contributed by atoms with Crippen LogP contribution in [0.2, 0.25) is 0 Å². The quantitative estimate of drug-likeness (QED) is 0.642. The predicted octanol–water partition coefficient (Wildman–Crippen LogP) is 4.37. The number of unbranched alkanes of at least 4 members (excludes halogenated alkanes) is 1. The van der Waals surface area contributed by atoms with Gasteiger partial charge in [0, 0.05) is 12.6 Å². The lowest BCUT2D eigenvalue weighted by Crippen LogP contribution is -2.39. The summed E-state index contributed by atoms with van der Waals surface area (Å²) in [6.07, 6.45) is 0.00741. The molecule has 5 nitrogen and oxygen atoms in total. The highest BCUT2D eigenvalue weighted by atomic mass is 32.2. The third kappa shape index (κ3) is 5.66. The van der Waals surface area contributed by atoms with E-state index in [1.165, 1.54) is 17.8 Å². The topological polar surface area (TPSA) is 67.2 Å². The first-order chi connectivity index (χ1) is 13.8. The van der Waals surface area contributed by atoms with Crippen molar-refractivity contribution in [3.63, 3.8) is 0 Å². The van der Waals surface area contributed by atoms with Gasteiger partial charge in [0.05, 0.1) is 28.5 Å². The maximum atomic E-state index is 13.0. The molecule has 0 spiro atoms. The number of hydrogen-bond acceptors (Lipinski definition) is 4. The lowest BCUT2D eigenvalue weighted by Gasteiger charge is -2.26. The summed E-state index contributed by atoms with van der Waals surface area (Å²) in [7, 11) is 0. The molecule has 1 aliphatic rings. The van der Waals surface area contributed by atoms with Gasteiger partial charge in [0.15, 0.2) is 5.16 Å². The summed E-state index contributed by atoms with van der Waals surface area (Å²) < 4.78 is 41.0. The molecular formula is C20H26F3N3O2S. The number of aliphatic hydroxyl groups excluding tert-OH is 1.